The number of halogens is 1. The molecule has 4 nitrogen and oxygen atoms in total. The third-order valence-corrected chi connectivity index (χ3v) is 3.49. The van der Waals surface area contributed by atoms with Crippen molar-refractivity contribution in [2.75, 3.05) is 0 Å². The quantitative estimate of drug-likeness (QED) is 0.893. The lowest BCUT2D eigenvalue weighted by molar-refractivity contribution is -0.139. The van der Waals surface area contributed by atoms with E-state index in [9.17, 15) is 9.59 Å². The predicted molar refractivity (Wildman–Crippen MR) is 61.2 cm³/mol. The summed E-state index contributed by atoms with van der Waals surface area (Å²) >= 11 is 4.50. The summed E-state index contributed by atoms with van der Waals surface area (Å²) < 4.78 is 0.820. The van der Waals surface area contributed by atoms with Crippen LogP contribution in [-0.2, 0) is 4.79 Å². The lowest BCUT2D eigenvalue weighted by atomic mass is 10.2. The van der Waals surface area contributed by atoms with E-state index in [2.05, 4.69) is 21.2 Å². The van der Waals surface area contributed by atoms with Crippen LogP contribution in [0.2, 0.25) is 0 Å². The summed E-state index contributed by atoms with van der Waals surface area (Å²) in [7, 11) is 0. The Kier molecular flexibility index (Phi) is 4.28. The van der Waals surface area contributed by atoms with Gasteiger partial charge in [-0.05, 0) is 28.4 Å². The van der Waals surface area contributed by atoms with Crippen LogP contribution in [0.4, 0.5) is 0 Å². The lowest BCUT2D eigenvalue weighted by Gasteiger charge is -2.10. The van der Waals surface area contributed by atoms with Crippen molar-refractivity contribution in [2.24, 2.45) is 0 Å². The molecule has 0 bridgehead atoms. The van der Waals surface area contributed by atoms with Gasteiger partial charge in [-0.15, -0.1) is 11.3 Å². The van der Waals surface area contributed by atoms with Crippen molar-refractivity contribution in [3.8, 4) is 0 Å². The van der Waals surface area contributed by atoms with Crippen LogP contribution in [0, 0.1) is 0 Å². The Hall–Kier alpha value is -0.880. The van der Waals surface area contributed by atoms with Gasteiger partial charge in [0.1, 0.15) is 6.04 Å². The highest BCUT2D eigenvalue weighted by atomic mass is 79.9. The van der Waals surface area contributed by atoms with Crippen LogP contribution in [0.15, 0.2) is 15.9 Å². The molecule has 0 aliphatic carbocycles. The van der Waals surface area contributed by atoms with Crippen molar-refractivity contribution >= 4 is 39.1 Å². The molecule has 1 aromatic heterocycles. The molecule has 1 amide bonds. The molecule has 1 atom stereocenters. The number of carboxylic acid groups (broad SMARTS) is 1. The first kappa shape index (κ1) is 12.2. The number of hydrogen-bond donors (Lipinski definition) is 2. The molecule has 1 unspecified atom stereocenters. The van der Waals surface area contributed by atoms with Crippen LogP contribution < -0.4 is 5.32 Å². The van der Waals surface area contributed by atoms with Crippen molar-refractivity contribution in [3.05, 3.63) is 20.8 Å². The fourth-order valence-electron chi connectivity index (χ4n) is 1.000. The Morgan fingerprint density at radius 3 is 2.73 bits per heavy atom. The van der Waals surface area contributed by atoms with Crippen LogP contribution in [-0.4, -0.2) is 23.0 Å². The van der Waals surface area contributed by atoms with Gasteiger partial charge in [-0.3, -0.25) is 4.79 Å². The maximum absolute atomic E-state index is 11.5. The van der Waals surface area contributed by atoms with E-state index >= 15 is 0 Å². The van der Waals surface area contributed by atoms with Gasteiger partial charge in [-0.25, -0.2) is 4.79 Å². The fraction of sp³-hybridized carbons (Fsp3) is 0.333. The Morgan fingerprint density at radius 2 is 2.33 bits per heavy atom. The van der Waals surface area contributed by atoms with Gasteiger partial charge in [0.05, 0.1) is 4.88 Å². The standard InChI is InChI=1S/C9H10BrNO3S/c1-2-6(9(13)14)11-8(12)7-3-5(10)4-15-7/h3-4,6H,2H2,1H3,(H,11,12)(H,13,14). The van der Waals surface area contributed by atoms with E-state index in [0.29, 0.717) is 11.3 Å². The first-order valence-corrected chi connectivity index (χ1v) is 5.99. The summed E-state index contributed by atoms with van der Waals surface area (Å²) in [6.45, 7) is 1.71. The second kappa shape index (κ2) is 5.27. The summed E-state index contributed by atoms with van der Waals surface area (Å²) in [5, 5.41) is 13.0. The van der Waals surface area contributed by atoms with E-state index in [1.54, 1.807) is 18.4 Å². The smallest absolute Gasteiger partial charge is 0.326 e. The SMILES string of the molecule is CCC(NC(=O)c1cc(Br)cs1)C(=O)O. The molecule has 0 radical (unpaired) electrons. The van der Waals surface area contributed by atoms with Gasteiger partial charge in [0.25, 0.3) is 5.91 Å². The molecule has 1 heterocycles. The largest absolute Gasteiger partial charge is 0.480 e. The van der Waals surface area contributed by atoms with E-state index in [4.69, 9.17) is 5.11 Å². The van der Waals surface area contributed by atoms with E-state index in [1.165, 1.54) is 11.3 Å². The van der Waals surface area contributed by atoms with Gasteiger partial charge >= 0.3 is 5.97 Å². The number of hydrogen-bond acceptors (Lipinski definition) is 3. The summed E-state index contributed by atoms with van der Waals surface area (Å²) in [6, 6.07) is 0.840. The highest BCUT2D eigenvalue weighted by molar-refractivity contribution is 9.10. The number of rotatable bonds is 4. The van der Waals surface area contributed by atoms with E-state index in [0.717, 1.165) is 4.47 Å². The molecule has 0 aliphatic heterocycles. The molecule has 1 aromatic rings. The van der Waals surface area contributed by atoms with Gasteiger partial charge in [0.15, 0.2) is 0 Å². The molecule has 0 saturated carbocycles. The van der Waals surface area contributed by atoms with Gasteiger partial charge < -0.3 is 10.4 Å². The number of aliphatic carboxylic acids is 1. The van der Waals surface area contributed by atoms with Crippen LogP contribution >= 0.6 is 27.3 Å². The van der Waals surface area contributed by atoms with Crippen molar-refractivity contribution in [2.45, 2.75) is 19.4 Å². The van der Waals surface area contributed by atoms with Crippen molar-refractivity contribution in [1.29, 1.82) is 0 Å². The molecule has 82 valence electrons. The maximum atomic E-state index is 11.5. The third kappa shape index (κ3) is 3.32. The summed E-state index contributed by atoms with van der Waals surface area (Å²) in [4.78, 5) is 22.7. The molecule has 0 spiro atoms. The highest BCUT2D eigenvalue weighted by Crippen LogP contribution is 2.19. The lowest BCUT2D eigenvalue weighted by Crippen LogP contribution is -2.39. The first-order chi connectivity index (χ1) is 7.04. The molecule has 0 aromatic carbocycles. The molecular weight excluding hydrogens is 282 g/mol. The Balaban J connectivity index is 2.66. The Morgan fingerprint density at radius 1 is 1.67 bits per heavy atom. The number of thiophene rings is 1. The van der Waals surface area contributed by atoms with Gasteiger partial charge in [-0.2, -0.15) is 0 Å². The minimum Gasteiger partial charge on any atom is -0.480 e. The minimum atomic E-state index is -1.01. The zero-order chi connectivity index (χ0) is 11.4. The van der Waals surface area contributed by atoms with Crippen molar-refractivity contribution in [3.63, 3.8) is 0 Å². The Bertz CT molecular complexity index is 377. The molecule has 0 saturated heterocycles. The second-order valence-electron chi connectivity index (χ2n) is 2.90. The van der Waals surface area contributed by atoms with Gasteiger partial charge in [0, 0.05) is 9.85 Å². The minimum absolute atomic E-state index is 0.347. The molecule has 15 heavy (non-hydrogen) atoms. The molecule has 0 fully saturated rings. The normalized spacial score (nSPS) is 12.1. The maximum Gasteiger partial charge on any atom is 0.326 e. The van der Waals surface area contributed by atoms with E-state index < -0.39 is 12.0 Å². The van der Waals surface area contributed by atoms with Crippen LogP contribution in [0.25, 0.3) is 0 Å². The van der Waals surface area contributed by atoms with Gasteiger partial charge in [0.2, 0.25) is 0 Å². The van der Waals surface area contributed by atoms with Crippen molar-refractivity contribution in [1.82, 2.24) is 5.32 Å². The van der Waals surface area contributed by atoms with E-state index in [-0.39, 0.29) is 5.91 Å². The number of amides is 1. The summed E-state index contributed by atoms with van der Waals surface area (Å²) in [5.41, 5.74) is 0. The topological polar surface area (TPSA) is 66.4 Å². The van der Waals surface area contributed by atoms with Crippen molar-refractivity contribution < 1.29 is 14.7 Å². The number of nitrogens with one attached hydrogen (secondary N) is 1. The molecule has 6 heteroatoms. The molecular formula is C9H10BrNO3S. The average Bonchev–Trinajstić information content (AvgIpc) is 2.60. The first-order valence-electron chi connectivity index (χ1n) is 4.32. The van der Waals surface area contributed by atoms with Crippen LogP contribution in [0.3, 0.4) is 0 Å². The van der Waals surface area contributed by atoms with Gasteiger partial charge in [-0.1, -0.05) is 6.92 Å². The van der Waals surface area contributed by atoms with Crippen LogP contribution in [0.5, 0.6) is 0 Å². The third-order valence-electron chi connectivity index (χ3n) is 1.80. The molecule has 0 aliphatic rings. The monoisotopic (exact) mass is 291 g/mol. The zero-order valence-corrected chi connectivity index (χ0v) is 10.4. The highest BCUT2D eigenvalue weighted by Gasteiger charge is 2.19. The summed E-state index contributed by atoms with van der Waals surface area (Å²) in [6.07, 6.45) is 0.369. The summed E-state index contributed by atoms with van der Waals surface area (Å²) in [5.74, 6) is -1.36. The number of carbonyl (C=O) groups is 2. The Labute approximate surface area is 99.4 Å². The van der Waals surface area contributed by atoms with Crippen LogP contribution in [0.1, 0.15) is 23.0 Å². The molecule has 2 N–H and O–H groups in total. The fourth-order valence-corrected chi connectivity index (χ4v) is 2.33. The zero-order valence-electron chi connectivity index (χ0n) is 7.99. The average molecular weight is 292 g/mol. The molecule has 1 rings (SSSR count). The van der Waals surface area contributed by atoms with E-state index in [1.807, 2.05) is 0 Å². The predicted octanol–water partition coefficient (Wildman–Crippen LogP) is 2.10. The number of carboxylic acids is 1. The number of carbonyl (C=O) groups excluding carboxylic acids is 1. The second-order valence-corrected chi connectivity index (χ2v) is 4.73.